The molecular weight excluding hydrogens is 330 g/mol. The number of fused-ring (bicyclic) bond motifs is 1. The highest BCUT2D eigenvalue weighted by molar-refractivity contribution is 5.94. The van der Waals surface area contributed by atoms with E-state index < -0.39 is 0 Å². The zero-order valence-electron chi connectivity index (χ0n) is 15.5. The summed E-state index contributed by atoms with van der Waals surface area (Å²) in [4.78, 5) is 21.5. The van der Waals surface area contributed by atoms with Crippen LogP contribution in [-0.4, -0.2) is 60.9 Å². The molecule has 8 nitrogen and oxygen atoms in total. The Bertz CT molecular complexity index is 973. The molecule has 136 valence electrons. The second-order valence-corrected chi connectivity index (χ2v) is 7.01. The van der Waals surface area contributed by atoms with Gasteiger partial charge in [-0.1, -0.05) is 0 Å². The number of carbonyl (C=O) groups is 1. The predicted octanol–water partition coefficient (Wildman–Crippen LogP) is 1.43. The van der Waals surface area contributed by atoms with E-state index in [1.54, 1.807) is 17.1 Å². The first-order chi connectivity index (χ1) is 12.4. The molecule has 1 atom stereocenters. The minimum Gasteiger partial charge on any atom is -0.353 e. The zero-order valence-corrected chi connectivity index (χ0v) is 15.5. The van der Waals surface area contributed by atoms with E-state index in [-0.39, 0.29) is 11.9 Å². The largest absolute Gasteiger partial charge is 0.353 e. The number of nitrogens with zero attached hydrogens (tertiary/aromatic N) is 7. The van der Waals surface area contributed by atoms with Gasteiger partial charge in [0.15, 0.2) is 5.65 Å². The van der Waals surface area contributed by atoms with Gasteiger partial charge in [-0.15, -0.1) is 0 Å². The van der Waals surface area contributed by atoms with Gasteiger partial charge in [-0.25, -0.2) is 4.98 Å². The van der Waals surface area contributed by atoms with Crippen molar-refractivity contribution in [2.24, 2.45) is 7.05 Å². The van der Waals surface area contributed by atoms with Crippen molar-refractivity contribution < 1.29 is 4.79 Å². The molecule has 1 aliphatic rings. The zero-order chi connectivity index (χ0) is 18.4. The molecule has 1 aliphatic heterocycles. The van der Waals surface area contributed by atoms with E-state index in [1.807, 2.05) is 36.4 Å². The molecule has 0 N–H and O–H groups in total. The first-order valence-electron chi connectivity index (χ1n) is 8.81. The van der Waals surface area contributed by atoms with Crippen LogP contribution in [0.15, 0.2) is 24.5 Å². The summed E-state index contributed by atoms with van der Waals surface area (Å²) in [5.74, 6) is 1.07. The standard InChI is InChI=1S/C18H23N7O/c1-12-8-17(25-16(20-12)7-13(2)21-25)23-5-6-24(14(3)10-23)18(26)15-9-19-22(4)11-15/h7-9,11,14H,5-6,10H2,1-4H3. The number of aryl methyl sites for hydroxylation is 3. The number of anilines is 1. The van der Waals surface area contributed by atoms with E-state index in [9.17, 15) is 4.79 Å². The highest BCUT2D eigenvalue weighted by Crippen LogP contribution is 2.22. The molecule has 1 saturated heterocycles. The van der Waals surface area contributed by atoms with Crippen molar-refractivity contribution in [2.45, 2.75) is 26.8 Å². The molecule has 1 fully saturated rings. The van der Waals surface area contributed by atoms with E-state index in [4.69, 9.17) is 0 Å². The lowest BCUT2D eigenvalue weighted by Crippen LogP contribution is -2.54. The molecule has 4 rings (SSSR count). The summed E-state index contributed by atoms with van der Waals surface area (Å²) in [5, 5.41) is 8.69. The van der Waals surface area contributed by atoms with Gasteiger partial charge in [-0.3, -0.25) is 9.48 Å². The monoisotopic (exact) mass is 353 g/mol. The van der Waals surface area contributed by atoms with E-state index >= 15 is 0 Å². The van der Waals surface area contributed by atoms with Crippen LogP contribution >= 0.6 is 0 Å². The van der Waals surface area contributed by atoms with Crippen LogP contribution < -0.4 is 4.90 Å². The third-order valence-electron chi connectivity index (χ3n) is 4.82. The molecule has 0 spiro atoms. The number of rotatable bonds is 2. The Morgan fingerprint density at radius 1 is 1.19 bits per heavy atom. The van der Waals surface area contributed by atoms with Crippen LogP contribution in [0.4, 0.5) is 5.82 Å². The van der Waals surface area contributed by atoms with E-state index in [2.05, 4.69) is 33.1 Å². The number of hydrogen-bond donors (Lipinski definition) is 0. The first-order valence-corrected chi connectivity index (χ1v) is 8.81. The Balaban J connectivity index is 1.58. The Kier molecular flexibility index (Phi) is 3.90. The molecule has 26 heavy (non-hydrogen) atoms. The molecule has 8 heteroatoms. The van der Waals surface area contributed by atoms with Crippen LogP contribution in [0.1, 0.15) is 28.7 Å². The van der Waals surface area contributed by atoms with Crippen molar-refractivity contribution in [3.63, 3.8) is 0 Å². The van der Waals surface area contributed by atoms with Gasteiger partial charge in [-0.2, -0.15) is 14.7 Å². The van der Waals surface area contributed by atoms with Crippen LogP contribution in [0, 0.1) is 13.8 Å². The van der Waals surface area contributed by atoms with Crippen LogP contribution in [0.2, 0.25) is 0 Å². The Morgan fingerprint density at radius 2 is 2.00 bits per heavy atom. The lowest BCUT2D eigenvalue weighted by atomic mass is 10.1. The number of piperazine rings is 1. The normalized spacial score (nSPS) is 17.9. The third-order valence-corrected chi connectivity index (χ3v) is 4.82. The lowest BCUT2D eigenvalue weighted by Gasteiger charge is -2.40. The van der Waals surface area contributed by atoms with Crippen molar-refractivity contribution in [3.05, 3.63) is 41.5 Å². The van der Waals surface area contributed by atoms with Crippen molar-refractivity contribution in [1.82, 2.24) is 29.3 Å². The van der Waals surface area contributed by atoms with E-state index in [0.717, 1.165) is 35.9 Å². The molecule has 1 amide bonds. The highest BCUT2D eigenvalue weighted by Gasteiger charge is 2.30. The van der Waals surface area contributed by atoms with Gasteiger partial charge >= 0.3 is 0 Å². The molecule has 0 bridgehead atoms. The summed E-state index contributed by atoms with van der Waals surface area (Å²) in [6, 6.07) is 4.14. The topological polar surface area (TPSA) is 71.6 Å². The summed E-state index contributed by atoms with van der Waals surface area (Å²) in [7, 11) is 1.82. The fourth-order valence-electron chi connectivity index (χ4n) is 3.59. The summed E-state index contributed by atoms with van der Waals surface area (Å²) >= 11 is 0. The summed E-state index contributed by atoms with van der Waals surface area (Å²) in [6.07, 6.45) is 3.40. The minimum atomic E-state index is 0.0382. The van der Waals surface area contributed by atoms with Crippen molar-refractivity contribution in [2.75, 3.05) is 24.5 Å². The average molecular weight is 353 g/mol. The van der Waals surface area contributed by atoms with Gasteiger partial charge in [0.2, 0.25) is 0 Å². The fourth-order valence-corrected chi connectivity index (χ4v) is 3.59. The molecule has 0 saturated carbocycles. The second kappa shape index (κ2) is 6.12. The SMILES string of the molecule is Cc1cc(N2CCN(C(=O)c3cnn(C)c3)C(C)C2)n2nc(C)cc2n1. The molecular formula is C18H23N7O. The summed E-state index contributed by atoms with van der Waals surface area (Å²) in [5.41, 5.74) is 3.41. The molecule has 1 unspecified atom stereocenters. The Labute approximate surface area is 152 Å². The quantitative estimate of drug-likeness (QED) is 0.697. The van der Waals surface area contributed by atoms with Gasteiger partial charge in [0.25, 0.3) is 5.91 Å². The molecule has 0 aliphatic carbocycles. The molecule has 3 aromatic heterocycles. The Morgan fingerprint density at radius 3 is 2.69 bits per heavy atom. The van der Waals surface area contributed by atoms with Gasteiger partial charge in [-0.05, 0) is 20.8 Å². The third kappa shape index (κ3) is 2.81. The lowest BCUT2D eigenvalue weighted by molar-refractivity contribution is 0.0673. The molecule has 3 aromatic rings. The minimum absolute atomic E-state index is 0.0382. The van der Waals surface area contributed by atoms with Crippen LogP contribution in [0.25, 0.3) is 5.65 Å². The second-order valence-electron chi connectivity index (χ2n) is 7.01. The van der Waals surface area contributed by atoms with Crippen LogP contribution in [0.5, 0.6) is 0 Å². The maximum absolute atomic E-state index is 12.8. The maximum atomic E-state index is 12.8. The summed E-state index contributed by atoms with van der Waals surface area (Å²) < 4.78 is 3.55. The summed E-state index contributed by atoms with van der Waals surface area (Å²) in [6.45, 7) is 8.23. The van der Waals surface area contributed by atoms with Gasteiger partial charge < -0.3 is 9.80 Å². The number of amides is 1. The van der Waals surface area contributed by atoms with Crippen molar-refractivity contribution in [1.29, 1.82) is 0 Å². The molecule has 0 aromatic carbocycles. The average Bonchev–Trinajstić information content (AvgIpc) is 3.18. The van der Waals surface area contributed by atoms with E-state index in [0.29, 0.717) is 12.1 Å². The number of hydrogen-bond acceptors (Lipinski definition) is 5. The van der Waals surface area contributed by atoms with Crippen LogP contribution in [0.3, 0.4) is 0 Å². The number of aromatic nitrogens is 5. The van der Waals surface area contributed by atoms with Crippen molar-refractivity contribution >= 4 is 17.4 Å². The van der Waals surface area contributed by atoms with Gasteiger partial charge in [0.1, 0.15) is 5.82 Å². The Hall–Kier alpha value is -2.90. The predicted molar refractivity (Wildman–Crippen MR) is 98.4 cm³/mol. The van der Waals surface area contributed by atoms with Gasteiger partial charge in [0, 0.05) is 56.7 Å². The maximum Gasteiger partial charge on any atom is 0.257 e. The van der Waals surface area contributed by atoms with Gasteiger partial charge in [0.05, 0.1) is 17.5 Å². The highest BCUT2D eigenvalue weighted by atomic mass is 16.2. The van der Waals surface area contributed by atoms with Crippen LogP contribution in [-0.2, 0) is 7.05 Å². The first kappa shape index (κ1) is 16.6. The fraction of sp³-hybridized carbons (Fsp3) is 0.444. The number of carbonyl (C=O) groups excluding carboxylic acids is 1. The van der Waals surface area contributed by atoms with Crippen molar-refractivity contribution in [3.8, 4) is 0 Å². The van der Waals surface area contributed by atoms with E-state index in [1.165, 1.54) is 0 Å². The molecule has 0 radical (unpaired) electrons. The smallest absolute Gasteiger partial charge is 0.257 e. The molecule has 4 heterocycles.